The van der Waals surface area contributed by atoms with Crippen molar-refractivity contribution < 1.29 is 32.9 Å². The van der Waals surface area contributed by atoms with Crippen molar-refractivity contribution in [1.29, 1.82) is 0 Å². The Morgan fingerprint density at radius 1 is 0.673 bits per heavy atom. The number of likely N-dealkylation sites (N-methyl/N-ethyl adjacent to an activating group) is 1. The minimum atomic E-state index is -4.31. The Bertz CT molecular complexity index is 819. The molecule has 3 atom stereocenters. The molecule has 0 rings (SSSR count). The number of hydrogen-bond donors (Lipinski definition) is 3. The first-order valence-electron chi connectivity index (χ1n) is 20.6. The lowest BCUT2D eigenvalue weighted by Gasteiger charge is -2.25. The number of allylic oxidation sites excluding steroid dienone is 1. The smallest absolute Gasteiger partial charge is 0.387 e. The summed E-state index contributed by atoms with van der Waals surface area (Å²) in [6.45, 7) is 4.64. The Balaban J connectivity index is 4.00. The molecule has 0 bridgehead atoms. The summed E-state index contributed by atoms with van der Waals surface area (Å²) >= 11 is 0. The second kappa shape index (κ2) is 33.1. The molecule has 49 heavy (non-hydrogen) atoms. The molecule has 292 valence electrons. The van der Waals surface area contributed by atoms with Crippen molar-refractivity contribution in [3.8, 4) is 0 Å². The first kappa shape index (κ1) is 48.2. The minimum absolute atomic E-state index is 0.0628. The number of phosphoric ester groups is 1. The molecule has 0 aliphatic carbocycles. The maximum atomic E-state index is 12.5. The summed E-state index contributed by atoms with van der Waals surface area (Å²) in [7, 11) is 1.57. The Labute approximate surface area is 303 Å². The van der Waals surface area contributed by atoms with Crippen LogP contribution in [0.25, 0.3) is 0 Å². The zero-order valence-corrected chi connectivity index (χ0v) is 33.8. The lowest BCUT2D eigenvalue weighted by Crippen LogP contribution is -2.45. The number of hydrogen-bond acceptors (Lipinski definition) is 5. The fraction of sp³-hybridized carbons (Fsp3) is 0.925. The molecule has 9 heteroatoms. The third kappa shape index (κ3) is 35.4. The van der Waals surface area contributed by atoms with E-state index >= 15 is 0 Å². The second-order valence-corrected chi connectivity index (χ2v) is 16.8. The van der Waals surface area contributed by atoms with Crippen LogP contribution in [0.1, 0.15) is 187 Å². The molecule has 0 heterocycles. The Morgan fingerprint density at radius 2 is 1.08 bits per heavy atom. The average Bonchev–Trinajstić information content (AvgIpc) is 3.04. The summed E-state index contributed by atoms with van der Waals surface area (Å²) in [5.74, 6) is -0.201. The highest BCUT2D eigenvalue weighted by Crippen LogP contribution is 2.43. The van der Waals surface area contributed by atoms with E-state index in [4.69, 9.17) is 9.05 Å². The monoisotopic (exact) mass is 718 g/mol. The maximum absolute atomic E-state index is 12.5. The van der Waals surface area contributed by atoms with Crippen LogP contribution in [0.4, 0.5) is 0 Å². The Morgan fingerprint density at radius 3 is 1.51 bits per heavy atom. The van der Waals surface area contributed by atoms with Gasteiger partial charge in [-0.3, -0.25) is 13.8 Å². The molecule has 0 saturated heterocycles. The van der Waals surface area contributed by atoms with Gasteiger partial charge in [-0.15, -0.1) is 0 Å². The van der Waals surface area contributed by atoms with Crippen LogP contribution in [-0.2, 0) is 18.4 Å². The lowest BCUT2D eigenvalue weighted by molar-refractivity contribution is -0.870. The fourth-order valence-electron chi connectivity index (χ4n) is 5.92. The Hall–Kier alpha value is -0.760. The van der Waals surface area contributed by atoms with Gasteiger partial charge < -0.3 is 19.8 Å². The highest BCUT2D eigenvalue weighted by atomic mass is 31.2. The van der Waals surface area contributed by atoms with E-state index in [2.05, 4.69) is 19.2 Å². The molecule has 8 nitrogen and oxygen atoms in total. The fourth-order valence-corrected chi connectivity index (χ4v) is 6.66. The number of nitrogens with one attached hydrogen (secondary N) is 1. The zero-order valence-electron chi connectivity index (χ0n) is 32.9. The average molecular weight is 718 g/mol. The van der Waals surface area contributed by atoms with E-state index in [1.54, 1.807) is 6.08 Å². The van der Waals surface area contributed by atoms with Gasteiger partial charge in [0.05, 0.1) is 39.9 Å². The number of nitrogens with zero attached hydrogens (tertiary/aromatic N) is 1. The van der Waals surface area contributed by atoms with E-state index in [9.17, 15) is 19.4 Å². The van der Waals surface area contributed by atoms with Gasteiger partial charge in [0, 0.05) is 6.42 Å². The summed E-state index contributed by atoms with van der Waals surface area (Å²) in [5, 5.41) is 13.6. The van der Waals surface area contributed by atoms with E-state index in [1.807, 2.05) is 27.2 Å². The van der Waals surface area contributed by atoms with Gasteiger partial charge in [0.1, 0.15) is 13.2 Å². The van der Waals surface area contributed by atoms with Gasteiger partial charge in [-0.25, -0.2) is 4.57 Å². The largest absolute Gasteiger partial charge is 0.472 e. The molecule has 0 aliphatic heterocycles. The minimum Gasteiger partial charge on any atom is -0.387 e. The van der Waals surface area contributed by atoms with Crippen LogP contribution in [0.5, 0.6) is 0 Å². The number of quaternary nitrogens is 1. The molecule has 0 aromatic rings. The summed E-state index contributed by atoms with van der Waals surface area (Å²) in [5.41, 5.74) is 0. The maximum Gasteiger partial charge on any atom is 0.472 e. The van der Waals surface area contributed by atoms with Crippen molar-refractivity contribution in [3.05, 3.63) is 12.2 Å². The number of unbranched alkanes of at least 4 members (excludes halogenated alkanes) is 24. The Kier molecular flexibility index (Phi) is 32.6. The molecule has 1 amide bonds. The molecule has 3 unspecified atom stereocenters. The number of carbonyl (C=O) groups excluding carboxylic acids is 1. The normalized spacial score (nSPS) is 14.7. The van der Waals surface area contributed by atoms with Crippen molar-refractivity contribution >= 4 is 13.7 Å². The van der Waals surface area contributed by atoms with Gasteiger partial charge in [0.15, 0.2) is 0 Å². The zero-order chi connectivity index (χ0) is 36.5. The lowest BCUT2D eigenvalue weighted by atomic mass is 10.0. The van der Waals surface area contributed by atoms with Crippen LogP contribution in [-0.4, -0.2) is 73.4 Å². The van der Waals surface area contributed by atoms with Crippen LogP contribution in [0.3, 0.4) is 0 Å². The third-order valence-corrected chi connectivity index (χ3v) is 10.2. The molecular formula is C40H82N2O6P+. The number of aliphatic hydroxyl groups is 1. The van der Waals surface area contributed by atoms with E-state index in [-0.39, 0.29) is 19.1 Å². The predicted molar refractivity (Wildman–Crippen MR) is 208 cm³/mol. The van der Waals surface area contributed by atoms with Gasteiger partial charge >= 0.3 is 7.82 Å². The van der Waals surface area contributed by atoms with Crippen LogP contribution in [0, 0.1) is 0 Å². The molecule has 3 N–H and O–H groups in total. The highest BCUT2D eigenvalue weighted by Gasteiger charge is 2.27. The van der Waals surface area contributed by atoms with Crippen LogP contribution in [0.2, 0.25) is 0 Å². The van der Waals surface area contributed by atoms with Crippen molar-refractivity contribution in [1.82, 2.24) is 5.32 Å². The third-order valence-electron chi connectivity index (χ3n) is 9.26. The summed E-state index contributed by atoms with van der Waals surface area (Å²) in [4.78, 5) is 22.6. The number of carbonyl (C=O) groups is 1. The molecule has 0 aliphatic rings. The molecule has 0 aromatic heterocycles. The first-order valence-corrected chi connectivity index (χ1v) is 22.1. The second-order valence-electron chi connectivity index (χ2n) is 15.4. The van der Waals surface area contributed by atoms with E-state index in [0.717, 1.165) is 32.1 Å². The predicted octanol–water partition coefficient (Wildman–Crippen LogP) is 10.8. The summed E-state index contributed by atoms with van der Waals surface area (Å²) in [6.07, 6.45) is 36.6. The molecule has 0 saturated carbocycles. The first-order chi connectivity index (χ1) is 23.5. The molecule has 0 spiro atoms. The topological polar surface area (TPSA) is 105 Å². The standard InChI is InChI=1S/C40H81N2O6P/c1-6-8-10-11-12-13-14-15-16-17-18-19-20-21-22-23-24-25-26-27-28-29-30-32-33-39(43)38(41-40(44)34-31-9-7-2)37-48-49(45,46)47-36-35-42(3,4)5/h32-33,38-39,43H,6-31,34-37H2,1-5H3,(H-,41,44,45,46)/p+1/b33-32+. The summed E-state index contributed by atoms with van der Waals surface area (Å²) < 4.78 is 23.3. The van der Waals surface area contributed by atoms with E-state index in [1.165, 1.54) is 135 Å². The van der Waals surface area contributed by atoms with E-state index in [0.29, 0.717) is 17.4 Å². The van der Waals surface area contributed by atoms with Gasteiger partial charge in [-0.2, -0.15) is 0 Å². The van der Waals surface area contributed by atoms with Gasteiger partial charge in [-0.1, -0.05) is 174 Å². The van der Waals surface area contributed by atoms with Gasteiger partial charge in [0.2, 0.25) is 5.91 Å². The number of rotatable bonds is 37. The van der Waals surface area contributed by atoms with Crippen molar-refractivity contribution in [2.45, 2.75) is 199 Å². The van der Waals surface area contributed by atoms with Crippen molar-refractivity contribution in [2.24, 2.45) is 0 Å². The SMILES string of the molecule is CCCCCCCCCCCCCCCCCCCCCCCC/C=C/C(O)C(COP(=O)(O)OCC[N+](C)(C)C)NC(=O)CCCCC. The van der Waals surface area contributed by atoms with Gasteiger partial charge in [-0.05, 0) is 19.3 Å². The van der Waals surface area contributed by atoms with Crippen LogP contribution in [0.15, 0.2) is 12.2 Å². The molecular weight excluding hydrogens is 635 g/mol. The quantitative estimate of drug-likeness (QED) is 0.0256. The van der Waals surface area contributed by atoms with Gasteiger partial charge in [0.25, 0.3) is 0 Å². The number of aliphatic hydroxyl groups excluding tert-OH is 1. The highest BCUT2D eigenvalue weighted by molar-refractivity contribution is 7.47. The molecule has 0 radical (unpaired) electrons. The van der Waals surface area contributed by atoms with Crippen molar-refractivity contribution in [2.75, 3.05) is 40.9 Å². The van der Waals surface area contributed by atoms with Crippen LogP contribution >= 0.6 is 7.82 Å². The van der Waals surface area contributed by atoms with Crippen molar-refractivity contribution in [3.63, 3.8) is 0 Å². The molecule has 0 aromatic carbocycles. The van der Waals surface area contributed by atoms with E-state index < -0.39 is 20.0 Å². The van der Waals surface area contributed by atoms with Crippen LogP contribution < -0.4 is 5.32 Å². The number of phosphoric acid groups is 1. The number of amides is 1. The summed E-state index contributed by atoms with van der Waals surface area (Å²) in [6, 6.07) is -0.836. The molecule has 0 fully saturated rings.